The van der Waals surface area contributed by atoms with Crippen molar-refractivity contribution in [3.05, 3.63) is 24.0 Å². The highest BCUT2D eigenvalue weighted by Gasteiger charge is 2.30. The summed E-state index contributed by atoms with van der Waals surface area (Å²) in [6.07, 6.45) is 3.83. The lowest BCUT2D eigenvalue weighted by molar-refractivity contribution is -0.141. The summed E-state index contributed by atoms with van der Waals surface area (Å²) >= 11 is 0. The van der Waals surface area contributed by atoms with E-state index in [-0.39, 0.29) is 11.9 Å². The minimum Gasteiger partial charge on any atom is -0.465 e. The van der Waals surface area contributed by atoms with Crippen molar-refractivity contribution in [1.29, 1.82) is 0 Å². The van der Waals surface area contributed by atoms with Gasteiger partial charge >= 0.3 is 5.97 Å². The summed E-state index contributed by atoms with van der Waals surface area (Å²) in [4.78, 5) is 14.0. The van der Waals surface area contributed by atoms with Crippen LogP contribution in [0.15, 0.2) is 18.3 Å². The van der Waals surface area contributed by atoms with Gasteiger partial charge in [0.25, 0.3) is 0 Å². The number of hydrogen-bond acceptors (Lipinski definition) is 4. The van der Waals surface area contributed by atoms with Crippen LogP contribution in [0.1, 0.15) is 24.6 Å². The average molecular weight is 278 g/mol. The second kappa shape index (κ2) is 5.97. The SMILES string of the molecule is Cn1cccc1[C@@H]1COCCN1CC[C@H]1CCOC1=O. The van der Waals surface area contributed by atoms with Crippen molar-refractivity contribution in [2.45, 2.75) is 18.9 Å². The van der Waals surface area contributed by atoms with Gasteiger partial charge in [-0.1, -0.05) is 0 Å². The molecule has 0 radical (unpaired) electrons. The summed E-state index contributed by atoms with van der Waals surface area (Å²) in [7, 11) is 2.07. The van der Waals surface area contributed by atoms with Crippen LogP contribution in [-0.4, -0.2) is 48.3 Å². The third kappa shape index (κ3) is 2.74. The number of cyclic esters (lactones) is 1. The Kier molecular flexibility index (Phi) is 4.08. The summed E-state index contributed by atoms with van der Waals surface area (Å²) in [5, 5.41) is 0. The quantitative estimate of drug-likeness (QED) is 0.780. The highest BCUT2D eigenvalue weighted by atomic mass is 16.5. The molecule has 5 heteroatoms. The number of carbonyl (C=O) groups excluding carboxylic acids is 1. The maximum Gasteiger partial charge on any atom is 0.309 e. The maximum absolute atomic E-state index is 11.5. The van der Waals surface area contributed by atoms with Crippen molar-refractivity contribution in [3.63, 3.8) is 0 Å². The van der Waals surface area contributed by atoms with Crippen LogP contribution >= 0.6 is 0 Å². The van der Waals surface area contributed by atoms with E-state index in [4.69, 9.17) is 9.47 Å². The average Bonchev–Trinajstić information content (AvgIpc) is 3.06. The van der Waals surface area contributed by atoms with E-state index in [0.717, 1.165) is 39.1 Å². The lowest BCUT2D eigenvalue weighted by atomic mass is 10.0. The molecule has 5 nitrogen and oxygen atoms in total. The van der Waals surface area contributed by atoms with Crippen molar-refractivity contribution in [3.8, 4) is 0 Å². The fourth-order valence-electron chi connectivity index (χ4n) is 3.12. The van der Waals surface area contributed by atoms with Gasteiger partial charge in [0.15, 0.2) is 0 Å². The molecule has 3 rings (SSSR count). The number of aromatic nitrogens is 1. The third-order valence-corrected chi connectivity index (χ3v) is 4.37. The van der Waals surface area contributed by atoms with Crippen LogP contribution in [-0.2, 0) is 21.3 Å². The molecule has 1 aromatic rings. The zero-order valence-corrected chi connectivity index (χ0v) is 12.0. The number of morpholine rings is 1. The first kappa shape index (κ1) is 13.6. The van der Waals surface area contributed by atoms with E-state index in [1.165, 1.54) is 5.69 Å². The smallest absolute Gasteiger partial charge is 0.309 e. The standard InChI is InChI=1S/C15H22N2O3/c1-16-6-2-3-13(16)14-11-19-10-8-17(14)7-4-12-5-9-20-15(12)18/h2-3,6,12,14H,4-5,7-11H2,1H3/t12-,14-/m0/s1. The molecule has 0 N–H and O–H groups in total. The molecule has 1 aromatic heterocycles. The monoisotopic (exact) mass is 278 g/mol. The van der Waals surface area contributed by atoms with E-state index < -0.39 is 0 Å². The second-order valence-corrected chi connectivity index (χ2v) is 5.61. The summed E-state index contributed by atoms with van der Waals surface area (Å²) in [6, 6.07) is 4.51. The zero-order valence-electron chi connectivity index (χ0n) is 12.0. The number of aryl methyl sites for hydroxylation is 1. The predicted octanol–water partition coefficient (Wildman–Crippen LogP) is 1.35. The van der Waals surface area contributed by atoms with Crippen LogP contribution in [0, 0.1) is 5.92 Å². The van der Waals surface area contributed by atoms with Gasteiger partial charge in [0.05, 0.1) is 31.8 Å². The molecule has 20 heavy (non-hydrogen) atoms. The first-order valence-corrected chi connectivity index (χ1v) is 7.35. The number of esters is 1. The third-order valence-electron chi connectivity index (χ3n) is 4.37. The molecule has 2 aliphatic rings. The predicted molar refractivity (Wildman–Crippen MR) is 74.2 cm³/mol. The molecular weight excluding hydrogens is 256 g/mol. The van der Waals surface area contributed by atoms with E-state index in [2.05, 4.69) is 34.8 Å². The molecule has 0 saturated carbocycles. The molecule has 2 saturated heterocycles. The van der Waals surface area contributed by atoms with Gasteiger partial charge < -0.3 is 14.0 Å². The van der Waals surface area contributed by atoms with Gasteiger partial charge in [-0.2, -0.15) is 0 Å². The lowest BCUT2D eigenvalue weighted by Gasteiger charge is -2.36. The Hall–Kier alpha value is -1.33. The first-order chi connectivity index (χ1) is 9.75. The molecule has 0 bridgehead atoms. The molecule has 110 valence electrons. The zero-order chi connectivity index (χ0) is 13.9. The first-order valence-electron chi connectivity index (χ1n) is 7.35. The number of carbonyl (C=O) groups is 1. The van der Waals surface area contributed by atoms with Crippen molar-refractivity contribution < 1.29 is 14.3 Å². The lowest BCUT2D eigenvalue weighted by Crippen LogP contribution is -2.41. The van der Waals surface area contributed by atoms with Gasteiger partial charge in [0, 0.05) is 25.5 Å². The van der Waals surface area contributed by atoms with E-state index in [1.54, 1.807) is 0 Å². The largest absolute Gasteiger partial charge is 0.465 e. The van der Waals surface area contributed by atoms with Gasteiger partial charge in [-0.05, 0) is 31.5 Å². The highest BCUT2D eigenvalue weighted by molar-refractivity contribution is 5.74. The summed E-state index contributed by atoms with van der Waals surface area (Å²) in [6.45, 7) is 3.95. The number of nitrogens with zero attached hydrogens (tertiary/aromatic N) is 2. The van der Waals surface area contributed by atoms with E-state index in [0.29, 0.717) is 12.6 Å². The van der Waals surface area contributed by atoms with Gasteiger partial charge in [0.1, 0.15) is 0 Å². The molecule has 0 amide bonds. The Balaban J connectivity index is 1.63. The van der Waals surface area contributed by atoms with Gasteiger partial charge in [0.2, 0.25) is 0 Å². The normalized spacial score (nSPS) is 27.8. The number of hydrogen-bond donors (Lipinski definition) is 0. The Morgan fingerprint density at radius 3 is 3.00 bits per heavy atom. The fraction of sp³-hybridized carbons (Fsp3) is 0.667. The Labute approximate surface area is 119 Å². The minimum atomic E-state index is -0.0197. The number of rotatable bonds is 4. The van der Waals surface area contributed by atoms with Crippen molar-refractivity contribution in [2.24, 2.45) is 13.0 Å². The van der Waals surface area contributed by atoms with Crippen molar-refractivity contribution in [2.75, 3.05) is 32.9 Å². The van der Waals surface area contributed by atoms with E-state index in [1.807, 2.05) is 0 Å². The topological polar surface area (TPSA) is 43.7 Å². The van der Waals surface area contributed by atoms with Gasteiger partial charge in [-0.3, -0.25) is 9.69 Å². The molecule has 0 aliphatic carbocycles. The molecule has 0 spiro atoms. The van der Waals surface area contributed by atoms with Crippen LogP contribution in [0.3, 0.4) is 0 Å². The maximum atomic E-state index is 11.5. The summed E-state index contributed by atoms with van der Waals surface area (Å²) in [5.74, 6) is 0.0700. The molecule has 2 atom stereocenters. The van der Waals surface area contributed by atoms with Gasteiger partial charge in [-0.25, -0.2) is 0 Å². The molecular formula is C15H22N2O3. The fourth-order valence-corrected chi connectivity index (χ4v) is 3.12. The van der Waals surface area contributed by atoms with Crippen LogP contribution in [0.5, 0.6) is 0 Å². The number of ether oxygens (including phenoxy) is 2. The summed E-state index contributed by atoms with van der Waals surface area (Å²) in [5.41, 5.74) is 1.28. The summed E-state index contributed by atoms with van der Waals surface area (Å²) < 4.78 is 12.8. The molecule has 0 unspecified atom stereocenters. The van der Waals surface area contributed by atoms with Crippen LogP contribution < -0.4 is 0 Å². The van der Waals surface area contributed by atoms with Crippen molar-refractivity contribution in [1.82, 2.24) is 9.47 Å². The minimum absolute atomic E-state index is 0.0197. The molecule has 2 fully saturated rings. The van der Waals surface area contributed by atoms with Crippen LogP contribution in [0.2, 0.25) is 0 Å². The Morgan fingerprint density at radius 1 is 1.40 bits per heavy atom. The van der Waals surface area contributed by atoms with Gasteiger partial charge in [-0.15, -0.1) is 0 Å². The van der Waals surface area contributed by atoms with Crippen molar-refractivity contribution >= 4 is 5.97 Å². The molecule has 0 aromatic carbocycles. The second-order valence-electron chi connectivity index (χ2n) is 5.61. The van der Waals surface area contributed by atoms with Crippen LogP contribution in [0.25, 0.3) is 0 Å². The van der Waals surface area contributed by atoms with Crippen LogP contribution in [0.4, 0.5) is 0 Å². The Morgan fingerprint density at radius 2 is 2.30 bits per heavy atom. The van der Waals surface area contributed by atoms with E-state index in [9.17, 15) is 4.79 Å². The molecule has 2 aliphatic heterocycles. The van der Waals surface area contributed by atoms with E-state index >= 15 is 0 Å². The molecule has 3 heterocycles. The highest BCUT2D eigenvalue weighted by Crippen LogP contribution is 2.26. The Bertz CT molecular complexity index is 471.